The molecule has 1 atom stereocenters. The normalized spacial score (nSPS) is 25.0. The minimum atomic E-state index is -0.825. The molecule has 0 aromatic heterocycles. The van der Waals surface area contributed by atoms with Crippen LogP contribution in [0.3, 0.4) is 0 Å². The van der Waals surface area contributed by atoms with Crippen molar-refractivity contribution in [3.8, 4) is 6.07 Å². The van der Waals surface area contributed by atoms with Gasteiger partial charge in [0.1, 0.15) is 5.54 Å². The fourth-order valence-electron chi connectivity index (χ4n) is 5.75. The number of amides is 2. The van der Waals surface area contributed by atoms with Crippen LogP contribution < -0.4 is 11.1 Å². The largest absolute Gasteiger partial charge is 0.369 e. The molecule has 1 unspecified atom stereocenters. The van der Waals surface area contributed by atoms with E-state index in [4.69, 9.17) is 5.73 Å². The Kier molecular flexibility index (Phi) is 6.34. The minimum absolute atomic E-state index is 0.132. The third-order valence-corrected chi connectivity index (χ3v) is 7.70. The first kappa shape index (κ1) is 21.8. The minimum Gasteiger partial charge on any atom is -0.369 e. The lowest BCUT2D eigenvalue weighted by Gasteiger charge is -2.39. The molecule has 0 spiro atoms. The lowest BCUT2D eigenvalue weighted by Crippen LogP contribution is -2.54. The van der Waals surface area contributed by atoms with Crippen LogP contribution in [0.15, 0.2) is 24.3 Å². The Bertz CT molecular complexity index is 838. The van der Waals surface area contributed by atoms with E-state index < -0.39 is 11.0 Å². The highest BCUT2D eigenvalue weighted by Crippen LogP contribution is 2.40. The van der Waals surface area contributed by atoms with Gasteiger partial charge < -0.3 is 16.0 Å². The van der Waals surface area contributed by atoms with Crippen LogP contribution in [-0.2, 0) is 22.4 Å². The molecule has 31 heavy (non-hydrogen) atoms. The number of benzene rings is 1. The van der Waals surface area contributed by atoms with Crippen LogP contribution in [0.2, 0.25) is 0 Å². The first-order valence-electron chi connectivity index (χ1n) is 11.6. The maximum Gasteiger partial charge on any atom is 0.227 e. The van der Waals surface area contributed by atoms with Crippen molar-refractivity contribution in [1.29, 1.82) is 5.26 Å². The molecule has 1 saturated carbocycles. The molecular weight excluding hydrogens is 388 g/mol. The maximum absolute atomic E-state index is 13.5. The Labute approximate surface area is 185 Å². The van der Waals surface area contributed by atoms with Crippen molar-refractivity contribution in [2.24, 2.45) is 17.1 Å². The number of carbonyl (C=O) groups is 2. The Morgan fingerprint density at radius 1 is 1.16 bits per heavy atom. The first-order valence-corrected chi connectivity index (χ1v) is 11.6. The molecule has 2 fully saturated rings. The quantitative estimate of drug-likeness (QED) is 0.707. The van der Waals surface area contributed by atoms with Crippen LogP contribution >= 0.6 is 0 Å². The molecule has 165 valence electrons. The summed E-state index contributed by atoms with van der Waals surface area (Å²) in [7, 11) is 0. The number of carbonyl (C=O) groups excluding carboxylic acids is 2. The van der Waals surface area contributed by atoms with Crippen molar-refractivity contribution in [3.05, 3.63) is 41.8 Å². The Morgan fingerprint density at radius 3 is 2.39 bits per heavy atom. The number of hydrogen-bond donors (Lipinski definition) is 2. The monoisotopic (exact) mass is 421 g/mol. The Morgan fingerprint density at radius 2 is 1.84 bits per heavy atom. The summed E-state index contributed by atoms with van der Waals surface area (Å²) in [5.74, 6) is -0.126. The van der Waals surface area contributed by atoms with E-state index in [1.165, 1.54) is 11.1 Å². The van der Waals surface area contributed by atoms with Gasteiger partial charge in [0.25, 0.3) is 0 Å². The number of nitriles is 1. The third-order valence-electron chi connectivity index (χ3n) is 7.70. The van der Waals surface area contributed by atoms with Gasteiger partial charge in [-0.2, -0.15) is 5.26 Å². The molecule has 2 aliphatic carbocycles. The van der Waals surface area contributed by atoms with E-state index in [0.29, 0.717) is 31.8 Å². The summed E-state index contributed by atoms with van der Waals surface area (Å²) >= 11 is 0. The lowest BCUT2D eigenvalue weighted by atomic mass is 9.70. The molecule has 4 rings (SSSR count). The highest BCUT2D eigenvalue weighted by molar-refractivity contribution is 5.88. The van der Waals surface area contributed by atoms with E-state index in [2.05, 4.69) is 35.7 Å². The molecule has 6 heteroatoms. The summed E-state index contributed by atoms with van der Waals surface area (Å²) in [6.07, 6.45) is 9.06. The van der Waals surface area contributed by atoms with Gasteiger partial charge in [-0.3, -0.25) is 9.59 Å². The number of nitrogens with one attached hydrogen (secondary N) is 1. The van der Waals surface area contributed by atoms with Gasteiger partial charge in [-0.1, -0.05) is 43.5 Å². The van der Waals surface area contributed by atoms with E-state index in [1.54, 1.807) is 11.3 Å². The standard InChI is InChI=1S/C25H33N4O2/c26-17-25(12-13-28-18-25)29(16-19-14-20-6-2-3-7-21(20)15-19)22(30)8-11-24(23(27)31)9-4-1-5-10-24/h2-3,6-8,19,28H,1,4-5,9-16,18H2,(H2,27,31). The average Bonchev–Trinajstić information content (AvgIpc) is 3.43. The van der Waals surface area contributed by atoms with E-state index >= 15 is 0 Å². The van der Waals surface area contributed by atoms with E-state index in [0.717, 1.165) is 51.5 Å². The molecule has 1 radical (unpaired) electrons. The molecule has 3 N–H and O–H groups in total. The molecular formula is C25H33N4O2. The van der Waals surface area contributed by atoms with Crippen molar-refractivity contribution in [2.45, 2.75) is 63.3 Å². The predicted molar refractivity (Wildman–Crippen MR) is 119 cm³/mol. The highest BCUT2D eigenvalue weighted by Gasteiger charge is 2.45. The topological polar surface area (TPSA) is 99.2 Å². The van der Waals surface area contributed by atoms with Crippen molar-refractivity contribution in [3.63, 3.8) is 0 Å². The van der Waals surface area contributed by atoms with E-state index in [9.17, 15) is 14.9 Å². The lowest BCUT2D eigenvalue weighted by molar-refractivity contribution is -0.134. The van der Waals surface area contributed by atoms with Gasteiger partial charge in [-0.05, 0) is 62.1 Å². The number of nitrogens with zero attached hydrogens (tertiary/aromatic N) is 2. The van der Waals surface area contributed by atoms with Gasteiger partial charge in [0, 0.05) is 18.5 Å². The molecule has 1 aromatic carbocycles. The Balaban J connectivity index is 1.50. The summed E-state index contributed by atoms with van der Waals surface area (Å²) in [6, 6.07) is 10.9. The summed E-state index contributed by atoms with van der Waals surface area (Å²) in [5.41, 5.74) is 7.02. The van der Waals surface area contributed by atoms with Crippen LogP contribution in [0.1, 0.15) is 56.1 Å². The van der Waals surface area contributed by atoms with E-state index in [-0.39, 0.29) is 11.8 Å². The van der Waals surface area contributed by atoms with Gasteiger partial charge in [0.05, 0.1) is 12.5 Å². The van der Waals surface area contributed by atoms with Crippen LogP contribution in [0.25, 0.3) is 0 Å². The number of primary amides is 1. The zero-order valence-electron chi connectivity index (χ0n) is 18.2. The maximum atomic E-state index is 13.5. The first-order chi connectivity index (χ1) is 15.0. The van der Waals surface area contributed by atoms with E-state index in [1.807, 2.05) is 0 Å². The van der Waals surface area contributed by atoms with Gasteiger partial charge >= 0.3 is 0 Å². The molecule has 2 amide bonds. The van der Waals surface area contributed by atoms with Crippen LogP contribution in [0.5, 0.6) is 0 Å². The summed E-state index contributed by atoms with van der Waals surface area (Å²) in [4.78, 5) is 27.5. The number of fused-ring (bicyclic) bond motifs is 1. The SMILES string of the molecule is N#CC1(N(CC2Cc3ccccc3C2)C(=O)[CH]CC2(C(N)=O)CCCCC2)CCNC1. The van der Waals surface area contributed by atoms with Crippen LogP contribution in [0.4, 0.5) is 0 Å². The van der Waals surface area contributed by atoms with Crippen LogP contribution in [-0.4, -0.2) is 41.9 Å². The number of hydrogen-bond acceptors (Lipinski definition) is 4. The fourth-order valence-corrected chi connectivity index (χ4v) is 5.75. The molecule has 0 bridgehead atoms. The van der Waals surface area contributed by atoms with Crippen molar-refractivity contribution >= 4 is 11.8 Å². The molecule has 6 nitrogen and oxygen atoms in total. The second-order valence-corrected chi connectivity index (χ2v) is 9.68. The highest BCUT2D eigenvalue weighted by atomic mass is 16.2. The zero-order chi connectivity index (χ0) is 21.9. The summed E-state index contributed by atoms with van der Waals surface area (Å²) in [6.45, 7) is 1.78. The van der Waals surface area contributed by atoms with Crippen molar-refractivity contribution in [1.82, 2.24) is 10.2 Å². The number of rotatable bonds is 7. The second kappa shape index (κ2) is 9.00. The molecule has 1 aromatic rings. The predicted octanol–water partition coefficient (Wildman–Crippen LogP) is 2.52. The molecule has 1 heterocycles. The fraction of sp³-hybridized carbons (Fsp3) is 0.600. The van der Waals surface area contributed by atoms with Crippen LogP contribution in [0, 0.1) is 29.1 Å². The molecule has 3 aliphatic rings. The molecule has 1 saturated heterocycles. The van der Waals surface area contributed by atoms with Gasteiger partial charge in [-0.15, -0.1) is 0 Å². The smallest absolute Gasteiger partial charge is 0.227 e. The number of nitrogens with two attached hydrogens (primary N) is 1. The zero-order valence-corrected chi connectivity index (χ0v) is 18.2. The van der Waals surface area contributed by atoms with Gasteiger partial charge in [-0.25, -0.2) is 0 Å². The summed E-state index contributed by atoms with van der Waals surface area (Å²) in [5, 5.41) is 13.3. The Hall–Kier alpha value is -2.39. The second-order valence-electron chi connectivity index (χ2n) is 9.68. The summed E-state index contributed by atoms with van der Waals surface area (Å²) < 4.78 is 0. The van der Waals surface area contributed by atoms with Gasteiger partial charge in [0.15, 0.2) is 0 Å². The molecule has 1 aliphatic heterocycles. The van der Waals surface area contributed by atoms with Crippen molar-refractivity contribution in [2.75, 3.05) is 19.6 Å². The van der Waals surface area contributed by atoms with Crippen molar-refractivity contribution < 1.29 is 9.59 Å². The third kappa shape index (κ3) is 4.34. The van der Waals surface area contributed by atoms with Gasteiger partial charge in [0.2, 0.25) is 11.8 Å². The average molecular weight is 422 g/mol.